The average Bonchev–Trinajstić information content (AvgIpc) is 2.54. The number of rotatable bonds is 8. The van der Waals surface area contributed by atoms with Gasteiger partial charge in [0.25, 0.3) is 0 Å². The van der Waals surface area contributed by atoms with Crippen LogP contribution in [0.15, 0.2) is 0 Å². The summed E-state index contributed by atoms with van der Waals surface area (Å²) in [7, 11) is 0. The first-order chi connectivity index (χ1) is 9.04. The van der Waals surface area contributed by atoms with Gasteiger partial charge in [-0.3, -0.25) is 9.59 Å². The van der Waals surface area contributed by atoms with E-state index < -0.39 is 10.8 Å². The first-order valence-corrected chi connectivity index (χ1v) is 7.81. The van der Waals surface area contributed by atoms with Gasteiger partial charge in [0.15, 0.2) is 0 Å². The van der Waals surface area contributed by atoms with Crippen LogP contribution in [0.3, 0.4) is 0 Å². The van der Waals surface area contributed by atoms with Gasteiger partial charge in [-0.2, -0.15) is 0 Å². The highest BCUT2D eigenvalue weighted by Gasteiger charge is 2.65. The normalized spacial score (nSPS) is 20.6. The van der Waals surface area contributed by atoms with Crippen LogP contribution in [0.5, 0.6) is 0 Å². The molecule has 0 aromatic heterocycles. The number of carbonyl (C=O) groups is 2. The molecule has 1 rings (SSSR count). The molecule has 0 bridgehead atoms. The minimum Gasteiger partial charge on any atom is -0.392 e. The standard InChI is InChI=1S/C16H28O3/c1-5-9-15(10-6-2)13(17)19-14(18)16(15,11-7-3)12-8-4/h5-12H2,1-4H3. The van der Waals surface area contributed by atoms with Crippen LogP contribution in [0.2, 0.25) is 0 Å². The van der Waals surface area contributed by atoms with Crippen molar-refractivity contribution in [3.8, 4) is 0 Å². The molecule has 0 N–H and O–H groups in total. The molecular weight excluding hydrogens is 240 g/mol. The minimum absolute atomic E-state index is 0.261. The van der Waals surface area contributed by atoms with Crippen LogP contribution in [0.4, 0.5) is 0 Å². The molecule has 3 heteroatoms. The van der Waals surface area contributed by atoms with E-state index in [0.29, 0.717) is 0 Å². The third-order valence-corrected chi connectivity index (χ3v) is 4.59. The Morgan fingerprint density at radius 1 is 0.684 bits per heavy atom. The van der Waals surface area contributed by atoms with Gasteiger partial charge in [-0.25, -0.2) is 0 Å². The van der Waals surface area contributed by atoms with Gasteiger partial charge in [0.1, 0.15) is 0 Å². The van der Waals surface area contributed by atoms with Crippen molar-refractivity contribution in [2.45, 2.75) is 79.1 Å². The number of cyclic esters (lactones) is 2. The van der Waals surface area contributed by atoms with Crippen molar-refractivity contribution in [2.24, 2.45) is 10.8 Å². The van der Waals surface area contributed by atoms with E-state index in [-0.39, 0.29) is 11.9 Å². The topological polar surface area (TPSA) is 43.4 Å². The summed E-state index contributed by atoms with van der Waals surface area (Å²) in [5.41, 5.74) is -1.14. The molecule has 1 saturated heterocycles. The molecular formula is C16H28O3. The second-order valence-corrected chi connectivity index (χ2v) is 5.84. The summed E-state index contributed by atoms with van der Waals surface area (Å²) < 4.78 is 5.13. The Bertz CT molecular complexity index is 289. The van der Waals surface area contributed by atoms with Gasteiger partial charge in [-0.15, -0.1) is 0 Å². The zero-order valence-corrected chi connectivity index (χ0v) is 12.9. The Kier molecular flexibility index (Phi) is 5.57. The molecule has 1 heterocycles. The molecule has 0 spiro atoms. The van der Waals surface area contributed by atoms with E-state index >= 15 is 0 Å². The smallest absolute Gasteiger partial charge is 0.320 e. The zero-order valence-electron chi connectivity index (χ0n) is 12.9. The lowest BCUT2D eigenvalue weighted by atomic mass is 9.57. The lowest BCUT2D eigenvalue weighted by Gasteiger charge is -2.40. The fourth-order valence-electron chi connectivity index (χ4n) is 3.99. The fraction of sp³-hybridized carbons (Fsp3) is 0.875. The highest BCUT2D eigenvalue weighted by molar-refractivity contribution is 6.01. The SMILES string of the molecule is CCCC1(CCC)C(=O)OC(=O)C1(CCC)CCC. The van der Waals surface area contributed by atoms with Crippen molar-refractivity contribution in [1.82, 2.24) is 0 Å². The van der Waals surface area contributed by atoms with Gasteiger partial charge in [0, 0.05) is 0 Å². The molecule has 0 radical (unpaired) electrons. The van der Waals surface area contributed by atoms with Gasteiger partial charge in [-0.1, -0.05) is 53.4 Å². The lowest BCUT2D eigenvalue weighted by molar-refractivity contribution is -0.156. The van der Waals surface area contributed by atoms with Crippen molar-refractivity contribution < 1.29 is 14.3 Å². The summed E-state index contributed by atoms with van der Waals surface area (Å²) in [6.45, 7) is 8.32. The average molecular weight is 268 g/mol. The summed E-state index contributed by atoms with van der Waals surface area (Å²) in [5, 5.41) is 0. The minimum atomic E-state index is -0.570. The van der Waals surface area contributed by atoms with Gasteiger partial charge < -0.3 is 4.74 Å². The van der Waals surface area contributed by atoms with E-state index in [0.717, 1.165) is 51.4 Å². The molecule has 0 unspecified atom stereocenters. The monoisotopic (exact) mass is 268 g/mol. The van der Waals surface area contributed by atoms with Gasteiger partial charge in [-0.05, 0) is 25.7 Å². The summed E-state index contributed by atoms with van der Waals surface area (Å²) in [5.74, 6) is -0.522. The van der Waals surface area contributed by atoms with Crippen molar-refractivity contribution in [3.05, 3.63) is 0 Å². The van der Waals surface area contributed by atoms with Crippen molar-refractivity contribution >= 4 is 11.9 Å². The first-order valence-electron chi connectivity index (χ1n) is 7.81. The third kappa shape index (κ3) is 2.44. The molecule has 0 aromatic carbocycles. The predicted molar refractivity (Wildman–Crippen MR) is 75.6 cm³/mol. The van der Waals surface area contributed by atoms with E-state index in [4.69, 9.17) is 4.74 Å². The summed E-state index contributed by atoms with van der Waals surface area (Å²) >= 11 is 0. The summed E-state index contributed by atoms with van der Waals surface area (Å²) in [6.07, 6.45) is 6.73. The van der Waals surface area contributed by atoms with Gasteiger partial charge in [0.2, 0.25) is 0 Å². The predicted octanol–water partition coefficient (Wildman–Crippen LogP) is 4.24. The van der Waals surface area contributed by atoms with Crippen LogP contribution in [0, 0.1) is 10.8 Å². The van der Waals surface area contributed by atoms with E-state index in [1.807, 2.05) is 0 Å². The van der Waals surface area contributed by atoms with Crippen molar-refractivity contribution in [1.29, 1.82) is 0 Å². The fourth-order valence-corrected chi connectivity index (χ4v) is 3.99. The van der Waals surface area contributed by atoms with Crippen LogP contribution in [0.25, 0.3) is 0 Å². The van der Waals surface area contributed by atoms with E-state index in [1.165, 1.54) is 0 Å². The first kappa shape index (κ1) is 16.2. The molecule has 110 valence electrons. The van der Waals surface area contributed by atoms with Gasteiger partial charge in [0.05, 0.1) is 10.8 Å². The molecule has 0 atom stereocenters. The molecule has 0 saturated carbocycles. The number of hydrogen-bond acceptors (Lipinski definition) is 3. The lowest BCUT2D eigenvalue weighted by Crippen LogP contribution is -2.45. The highest BCUT2D eigenvalue weighted by Crippen LogP contribution is 2.57. The van der Waals surface area contributed by atoms with Crippen LogP contribution in [0.1, 0.15) is 79.1 Å². The molecule has 0 aromatic rings. The van der Waals surface area contributed by atoms with E-state index in [9.17, 15) is 9.59 Å². The number of hydrogen-bond donors (Lipinski definition) is 0. The van der Waals surface area contributed by atoms with E-state index in [1.54, 1.807) is 0 Å². The van der Waals surface area contributed by atoms with Crippen molar-refractivity contribution in [3.63, 3.8) is 0 Å². The largest absolute Gasteiger partial charge is 0.392 e. The Balaban J connectivity index is 3.31. The third-order valence-electron chi connectivity index (χ3n) is 4.59. The molecule has 1 aliphatic heterocycles. The van der Waals surface area contributed by atoms with E-state index in [2.05, 4.69) is 27.7 Å². The number of carbonyl (C=O) groups excluding carboxylic acids is 2. The quantitative estimate of drug-likeness (QED) is 0.488. The second-order valence-electron chi connectivity index (χ2n) is 5.84. The highest BCUT2D eigenvalue weighted by atomic mass is 16.6. The molecule has 1 aliphatic rings. The van der Waals surface area contributed by atoms with Crippen molar-refractivity contribution in [2.75, 3.05) is 0 Å². The Morgan fingerprint density at radius 3 is 1.16 bits per heavy atom. The van der Waals surface area contributed by atoms with Crippen LogP contribution < -0.4 is 0 Å². The Morgan fingerprint density at radius 2 is 0.947 bits per heavy atom. The number of esters is 2. The maximum Gasteiger partial charge on any atom is 0.320 e. The molecule has 1 fully saturated rings. The second kappa shape index (κ2) is 6.53. The number of ether oxygens (including phenoxy) is 1. The molecule has 3 nitrogen and oxygen atoms in total. The van der Waals surface area contributed by atoms with Gasteiger partial charge >= 0.3 is 11.9 Å². The summed E-state index contributed by atoms with van der Waals surface area (Å²) in [6, 6.07) is 0. The molecule has 0 aliphatic carbocycles. The van der Waals surface area contributed by atoms with Crippen LogP contribution >= 0.6 is 0 Å². The van der Waals surface area contributed by atoms with Crippen LogP contribution in [-0.4, -0.2) is 11.9 Å². The molecule has 0 amide bonds. The molecule has 19 heavy (non-hydrogen) atoms. The zero-order chi connectivity index (χ0) is 14.5. The maximum atomic E-state index is 12.4. The van der Waals surface area contributed by atoms with Crippen LogP contribution in [-0.2, 0) is 14.3 Å². The maximum absolute atomic E-state index is 12.4. The Labute approximate surface area is 117 Å². The summed E-state index contributed by atoms with van der Waals surface area (Å²) in [4.78, 5) is 24.8. The Hall–Kier alpha value is -0.860.